The van der Waals surface area contributed by atoms with Crippen LogP contribution in [0.15, 0.2) is 39.3 Å². The van der Waals surface area contributed by atoms with Crippen LogP contribution in [0.2, 0.25) is 5.02 Å². The van der Waals surface area contributed by atoms with Crippen molar-refractivity contribution in [3.05, 3.63) is 39.3 Å². The molecule has 0 amide bonds. The second kappa shape index (κ2) is 7.02. The molecule has 24 heavy (non-hydrogen) atoms. The summed E-state index contributed by atoms with van der Waals surface area (Å²) in [6.07, 6.45) is 2.14. The quantitative estimate of drug-likeness (QED) is 0.651. The Balaban J connectivity index is 1.95. The smallest absolute Gasteiger partial charge is 0.164 e. The first kappa shape index (κ1) is 18.3. The SMILES string of the molecule is CC(C)=CCSC1=N[C@H]2CS(=O)(=O)C[C@H]2N1c1ccc(Br)cc1Cl. The lowest BCUT2D eigenvalue weighted by Gasteiger charge is -2.27. The fourth-order valence-electron chi connectivity index (χ4n) is 2.87. The predicted octanol–water partition coefficient (Wildman–Crippen LogP) is 4.14. The number of anilines is 1. The van der Waals surface area contributed by atoms with E-state index in [1.807, 2.05) is 23.1 Å². The van der Waals surface area contributed by atoms with E-state index < -0.39 is 9.84 Å². The van der Waals surface area contributed by atoms with E-state index in [0.717, 1.165) is 21.1 Å². The molecule has 2 aliphatic rings. The number of fused-ring (bicyclic) bond motifs is 1. The number of rotatable bonds is 3. The summed E-state index contributed by atoms with van der Waals surface area (Å²) in [6.45, 7) is 4.11. The van der Waals surface area contributed by atoms with Gasteiger partial charge in [-0.25, -0.2) is 8.42 Å². The van der Waals surface area contributed by atoms with E-state index in [1.165, 1.54) is 5.57 Å². The Hall–Kier alpha value is -0.500. The number of benzene rings is 1. The lowest BCUT2D eigenvalue weighted by molar-refractivity contribution is 0.601. The first-order valence-corrected chi connectivity index (χ1v) is 11.5. The minimum absolute atomic E-state index is 0.120. The third-order valence-corrected chi connectivity index (χ3v) is 7.37. The van der Waals surface area contributed by atoms with Gasteiger partial charge in [-0.1, -0.05) is 50.9 Å². The van der Waals surface area contributed by atoms with Crippen LogP contribution in [-0.2, 0) is 9.84 Å². The zero-order valence-corrected chi connectivity index (χ0v) is 17.3. The van der Waals surface area contributed by atoms with Crippen LogP contribution in [0.5, 0.6) is 0 Å². The average molecular weight is 450 g/mol. The summed E-state index contributed by atoms with van der Waals surface area (Å²) < 4.78 is 24.9. The molecule has 0 unspecified atom stereocenters. The van der Waals surface area contributed by atoms with Crippen molar-refractivity contribution in [3.8, 4) is 0 Å². The molecule has 4 nitrogen and oxygen atoms in total. The van der Waals surface area contributed by atoms with Crippen LogP contribution >= 0.6 is 39.3 Å². The number of amidine groups is 1. The molecule has 1 aromatic carbocycles. The zero-order valence-electron chi connectivity index (χ0n) is 13.4. The highest BCUT2D eigenvalue weighted by Gasteiger charge is 2.47. The standard InChI is InChI=1S/C16H18BrClN2O2S2/c1-10(2)5-6-23-16-19-13-8-24(21,22)9-15(13)20(16)14-4-3-11(17)7-12(14)18/h3-5,7,13,15H,6,8-9H2,1-2H3/t13-,15+/m0/s1. The third kappa shape index (κ3) is 3.84. The van der Waals surface area contributed by atoms with Crippen LogP contribution < -0.4 is 4.90 Å². The fraction of sp³-hybridized carbons (Fsp3) is 0.438. The highest BCUT2D eigenvalue weighted by molar-refractivity contribution is 9.10. The number of hydrogen-bond acceptors (Lipinski definition) is 5. The first-order valence-electron chi connectivity index (χ1n) is 7.55. The highest BCUT2D eigenvalue weighted by Crippen LogP contribution is 2.39. The van der Waals surface area contributed by atoms with Gasteiger partial charge in [0.25, 0.3) is 0 Å². The topological polar surface area (TPSA) is 49.7 Å². The number of hydrogen-bond donors (Lipinski definition) is 0. The lowest BCUT2D eigenvalue weighted by atomic mass is 10.1. The molecule has 2 aliphatic heterocycles. The van der Waals surface area contributed by atoms with E-state index in [4.69, 9.17) is 16.6 Å². The molecular formula is C16H18BrClN2O2S2. The highest BCUT2D eigenvalue weighted by atomic mass is 79.9. The van der Waals surface area contributed by atoms with Crippen molar-refractivity contribution in [2.45, 2.75) is 25.9 Å². The molecule has 2 atom stereocenters. The average Bonchev–Trinajstić information content (AvgIpc) is 2.91. The Bertz CT molecular complexity index is 819. The number of thioether (sulfide) groups is 1. The molecule has 0 aromatic heterocycles. The van der Waals surface area contributed by atoms with Crippen molar-refractivity contribution in [2.24, 2.45) is 4.99 Å². The molecule has 1 fully saturated rings. The van der Waals surface area contributed by atoms with Crippen LogP contribution in [-0.4, -0.2) is 42.9 Å². The van der Waals surface area contributed by atoms with Gasteiger partial charge in [-0.15, -0.1) is 0 Å². The second-order valence-corrected chi connectivity index (χ2v) is 10.6. The summed E-state index contributed by atoms with van der Waals surface area (Å²) in [6, 6.07) is 5.28. The van der Waals surface area contributed by atoms with Crippen molar-refractivity contribution >= 4 is 60.0 Å². The van der Waals surface area contributed by atoms with Gasteiger partial charge >= 0.3 is 0 Å². The van der Waals surface area contributed by atoms with E-state index in [9.17, 15) is 8.42 Å². The largest absolute Gasteiger partial charge is 0.313 e. The molecule has 130 valence electrons. The van der Waals surface area contributed by atoms with Gasteiger partial charge in [0.2, 0.25) is 0 Å². The van der Waals surface area contributed by atoms with Gasteiger partial charge in [-0.3, -0.25) is 4.99 Å². The van der Waals surface area contributed by atoms with Crippen LogP contribution in [0.4, 0.5) is 5.69 Å². The van der Waals surface area contributed by atoms with Crippen molar-refractivity contribution in [1.82, 2.24) is 0 Å². The minimum Gasteiger partial charge on any atom is -0.313 e. The number of sulfone groups is 1. The van der Waals surface area contributed by atoms with E-state index in [2.05, 4.69) is 35.9 Å². The van der Waals surface area contributed by atoms with E-state index in [0.29, 0.717) is 5.02 Å². The number of aliphatic imine (C=N–C) groups is 1. The molecule has 0 bridgehead atoms. The minimum atomic E-state index is -3.05. The number of allylic oxidation sites excluding steroid dienone is 1. The molecule has 0 N–H and O–H groups in total. The van der Waals surface area contributed by atoms with Gasteiger partial charge < -0.3 is 4.90 Å². The van der Waals surface area contributed by atoms with Crippen molar-refractivity contribution in [3.63, 3.8) is 0 Å². The molecule has 0 aliphatic carbocycles. The molecule has 0 spiro atoms. The van der Waals surface area contributed by atoms with Crippen molar-refractivity contribution in [1.29, 1.82) is 0 Å². The second-order valence-electron chi connectivity index (χ2n) is 6.18. The Morgan fingerprint density at radius 1 is 1.46 bits per heavy atom. The summed E-state index contributed by atoms with van der Waals surface area (Å²) in [5.74, 6) is 1.05. The number of nitrogens with zero attached hydrogens (tertiary/aromatic N) is 2. The maximum absolute atomic E-state index is 12.0. The first-order chi connectivity index (χ1) is 11.3. The van der Waals surface area contributed by atoms with Crippen LogP contribution in [0.3, 0.4) is 0 Å². The maximum Gasteiger partial charge on any atom is 0.164 e. The fourth-order valence-corrected chi connectivity index (χ4v) is 6.63. The van der Waals surface area contributed by atoms with E-state index in [1.54, 1.807) is 11.8 Å². The summed E-state index contributed by atoms with van der Waals surface area (Å²) in [4.78, 5) is 6.70. The summed E-state index contributed by atoms with van der Waals surface area (Å²) >= 11 is 11.5. The molecule has 0 radical (unpaired) electrons. The van der Waals surface area contributed by atoms with Gasteiger partial charge in [-0.2, -0.15) is 0 Å². The normalized spacial score (nSPS) is 24.7. The Labute approximate surface area is 160 Å². The van der Waals surface area contributed by atoms with Gasteiger partial charge in [0.1, 0.15) is 0 Å². The maximum atomic E-state index is 12.0. The summed E-state index contributed by atoms with van der Waals surface area (Å²) in [5.41, 5.74) is 2.06. The lowest BCUT2D eigenvalue weighted by Crippen LogP contribution is -2.39. The van der Waals surface area contributed by atoms with E-state index in [-0.39, 0.29) is 23.6 Å². The van der Waals surface area contributed by atoms with Gasteiger partial charge in [0, 0.05) is 10.2 Å². The monoisotopic (exact) mass is 448 g/mol. The molecule has 1 aromatic rings. The molecule has 2 heterocycles. The van der Waals surface area contributed by atoms with Crippen LogP contribution in [0.1, 0.15) is 13.8 Å². The number of halogens is 2. The Morgan fingerprint density at radius 3 is 2.88 bits per heavy atom. The molecule has 8 heteroatoms. The van der Waals surface area contributed by atoms with Gasteiger partial charge in [-0.05, 0) is 32.0 Å². The Morgan fingerprint density at radius 2 is 2.21 bits per heavy atom. The molecular weight excluding hydrogens is 432 g/mol. The summed E-state index contributed by atoms with van der Waals surface area (Å²) in [5, 5.41) is 1.44. The predicted molar refractivity (Wildman–Crippen MR) is 107 cm³/mol. The zero-order chi connectivity index (χ0) is 17.5. The van der Waals surface area contributed by atoms with E-state index >= 15 is 0 Å². The van der Waals surface area contributed by atoms with Crippen molar-refractivity contribution in [2.75, 3.05) is 22.2 Å². The van der Waals surface area contributed by atoms with Crippen LogP contribution in [0.25, 0.3) is 0 Å². The van der Waals surface area contributed by atoms with Crippen molar-refractivity contribution < 1.29 is 8.42 Å². The van der Waals surface area contributed by atoms with Gasteiger partial charge in [0.05, 0.1) is 34.3 Å². The Kier molecular flexibility index (Phi) is 5.35. The molecule has 3 rings (SSSR count). The third-order valence-electron chi connectivity index (χ3n) is 3.98. The summed E-state index contributed by atoms with van der Waals surface area (Å²) in [7, 11) is -3.05. The molecule has 1 saturated heterocycles. The van der Waals surface area contributed by atoms with Crippen LogP contribution in [0, 0.1) is 0 Å². The molecule has 0 saturated carbocycles. The van der Waals surface area contributed by atoms with Gasteiger partial charge in [0.15, 0.2) is 15.0 Å².